The van der Waals surface area contributed by atoms with Gasteiger partial charge < -0.3 is 15.0 Å². The first kappa shape index (κ1) is 15.4. The summed E-state index contributed by atoms with van der Waals surface area (Å²) in [6.45, 7) is 6.04. The molecule has 0 spiro atoms. The fraction of sp³-hybridized carbons (Fsp3) is 0.929. The van der Waals surface area contributed by atoms with Crippen LogP contribution in [0.3, 0.4) is 0 Å². The van der Waals surface area contributed by atoms with Crippen LogP contribution < -0.4 is 5.32 Å². The van der Waals surface area contributed by atoms with E-state index in [1.54, 1.807) is 0 Å². The second kappa shape index (κ2) is 8.48. The van der Waals surface area contributed by atoms with E-state index < -0.39 is 0 Å². The molecule has 1 aliphatic carbocycles. The van der Waals surface area contributed by atoms with Crippen molar-refractivity contribution in [1.29, 1.82) is 0 Å². The molecule has 1 N–H and O–H groups in total. The van der Waals surface area contributed by atoms with Crippen LogP contribution in [0.25, 0.3) is 0 Å². The Morgan fingerprint density at radius 3 is 2.50 bits per heavy atom. The van der Waals surface area contributed by atoms with Crippen molar-refractivity contribution in [2.24, 2.45) is 0 Å². The summed E-state index contributed by atoms with van der Waals surface area (Å²) in [6.07, 6.45) is 5.76. The smallest absolute Gasteiger partial charge is 0.248 e. The predicted molar refractivity (Wildman–Crippen MR) is 73.6 cm³/mol. The van der Waals surface area contributed by atoms with Crippen molar-refractivity contribution in [3.63, 3.8) is 0 Å². The third kappa shape index (κ3) is 4.94. The molecular formula is C14H28N2O2. The van der Waals surface area contributed by atoms with Gasteiger partial charge in [-0.15, -0.1) is 0 Å². The lowest BCUT2D eigenvalue weighted by Gasteiger charge is -2.35. The van der Waals surface area contributed by atoms with Crippen molar-refractivity contribution in [2.45, 2.75) is 58.0 Å². The first-order valence-electron chi connectivity index (χ1n) is 7.25. The van der Waals surface area contributed by atoms with Crippen molar-refractivity contribution in [3.8, 4) is 0 Å². The summed E-state index contributed by atoms with van der Waals surface area (Å²) in [5.41, 5.74) is 0. The second-order valence-corrected chi connectivity index (χ2v) is 5.10. The van der Waals surface area contributed by atoms with Gasteiger partial charge in [-0.2, -0.15) is 0 Å². The SMILES string of the molecule is CCCNC1CCC(N(C)C(=O)COCC)CC1. The van der Waals surface area contributed by atoms with Crippen molar-refractivity contribution >= 4 is 5.91 Å². The van der Waals surface area contributed by atoms with Gasteiger partial charge in [-0.05, 0) is 45.6 Å². The minimum absolute atomic E-state index is 0.113. The largest absolute Gasteiger partial charge is 0.372 e. The van der Waals surface area contributed by atoms with Gasteiger partial charge in [0.2, 0.25) is 5.91 Å². The normalized spacial score (nSPS) is 23.9. The van der Waals surface area contributed by atoms with Crippen LogP contribution in [0, 0.1) is 0 Å². The average Bonchev–Trinajstić information content (AvgIpc) is 2.42. The lowest BCUT2D eigenvalue weighted by atomic mass is 9.90. The molecule has 0 aromatic heterocycles. The molecule has 106 valence electrons. The Bertz CT molecular complexity index is 238. The van der Waals surface area contributed by atoms with E-state index in [-0.39, 0.29) is 12.5 Å². The molecule has 0 heterocycles. The summed E-state index contributed by atoms with van der Waals surface area (Å²) in [7, 11) is 1.91. The van der Waals surface area contributed by atoms with E-state index in [0.29, 0.717) is 18.7 Å². The maximum absolute atomic E-state index is 11.8. The summed E-state index contributed by atoms with van der Waals surface area (Å²) in [5.74, 6) is 0.113. The number of hydrogen-bond acceptors (Lipinski definition) is 3. The molecule has 1 fully saturated rings. The first-order chi connectivity index (χ1) is 8.69. The van der Waals surface area contributed by atoms with E-state index in [4.69, 9.17) is 4.74 Å². The minimum Gasteiger partial charge on any atom is -0.372 e. The zero-order chi connectivity index (χ0) is 13.4. The van der Waals surface area contributed by atoms with Gasteiger partial charge in [-0.3, -0.25) is 4.79 Å². The number of likely N-dealkylation sites (N-methyl/N-ethyl adjacent to an activating group) is 1. The number of hydrogen-bond donors (Lipinski definition) is 1. The molecule has 18 heavy (non-hydrogen) atoms. The topological polar surface area (TPSA) is 41.6 Å². The Morgan fingerprint density at radius 1 is 1.28 bits per heavy atom. The number of amides is 1. The zero-order valence-electron chi connectivity index (χ0n) is 12.1. The minimum atomic E-state index is 0.113. The van der Waals surface area contributed by atoms with Crippen LogP contribution in [0.1, 0.15) is 46.0 Å². The highest BCUT2D eigenvalue weighted by molar-refractivity contribution is 5.77. The molecule has 0 aliphatic heterocycles. The number of nitrogens with zero attached hydrogens (tertiary/aromatic N) is 1. The highest BCUT2D eigenvalue weighted by atomic mass is 16.5. The molecule has 1 amide bonds. The Morgan fingerprint density at radius 2 is 1.94 bits per heavy atom. The summed E-state index contributed by atoms with van der Waals surface area (Å²) < 4.78 is 5.18. The molecule has 0 atom stereocenters. The maximum atomic E-state index is 11.8. The summed E-state index contributed by atoms with van der Waals surface area (Å²) >= 11 is 0. The lowest BCUT2D eigenvalue weighted by molar-refractivity contribution is -0.137. The fourth-order valence-electron chi connectivity index (χ4n) is 2.51. The van der Waals surface area contributed by atoms with Gasteiger partial charge in [0.25, 0.3) is 0 Å². The Kier molecular flexibility index (Phi) is 7.28. The molecule has 0 aromatic carbocycles. The van der Waals surface area contributed by atoms with Gasteiger partial charge in [-0.1, -0.05) is 6.92 Å². The van der Waals surface area contributed by atoms with Crippen LogP contribution in [0.4, 0.5) is 0 Å². The molecule has 0 aromatic rings. The van der Waals surface area contributed by atoms with E-state index in [9.17, 15) is 4.79 Å². The molecule has 1 rings (SSSR count). The quantitative estimate of drug-likeness (QED) is 0.755. The van der Waals surface area contributed by atoms with Crippen LogP contribution in [0.2, 0.25) is 0 Å². The first-order valence-corrected chi connectivity index (χ1v) is 7.25. The number of nitrogens with one attached hydrogen (secondary N) is 1. The predicted octanol–water partition coefficient (Wildman–Crippen LogP) is 1.79. The van der Waals surface area contributed by atoms with Crippen molar-refractivity contribution in [1.82, 2.24) is 10.2 Å². The Balaban J connectivity index is 2.26. The Labute approximate surface area is 111 Å². The van der Waals surface area contributed by atoms with Crippen molar-refractivity contribution in [2.75, 3.05) is 26.8 Å². The van der Waals surface area contributed by atoms with Crippen LogP contribution in [0.15, 0.2) is 0 Å². The second-order valence-electron chi connectivity index (χ2n) is 5.10. The standard InChI is InChI=1S/C14H28N2O2/c1-4-10-15-12-6-8-13(9-7-12)16(3)14(17)11-18-5-2/h12-13,15H,4-11H2,1-3H3. The highest BCUT2D eigenvalue weighted by Gasteiger charge is 2.25. The van der Waals surface area contributed by atoms with Gasteiger partial charge in [0.1, 0.15) is 6.61 Å². The van der Waals surface area contributed by atoms with Crippen molar-refractivity contribution < 1.29 is 9.53 Å². The van der Waals surface area contributed by atoms with E-state index in [0.717, 1.165) is 19.4 Å². The third-order valence-corrected chi connectivity index (χ3v) is 3.75. The molecule has 0 radical (unpaired) electrons. The number of carbonyl (C=O) groups is 1. The number of ether oxygens (including phenoxy) is 1. The van der Waals surface area contributed by atoms with Crippen LogP contribution in [-0.2, 0) is 9.53 Å². The molecule has 1 aliphatic rings. The van der Waals surface area contributed by atoms with E-state index in [1.165, 1.54) is 19.3 Å². The molecule has 1 saturated carbocycles. The summed E-state index contributed by atoms with van der Waals surface area (Å²) in [4.78, 5) is 13.7. The number of carbonyl (C=O) groups excluding carboxylic acids is 1. The monoisotopic (exact) mass is 256 g/mol. The zero-order valence-corrected chi connectivity index (χ0v) is 12.1. The van der Waals surface area contributed by atoms with E-state index >= 15 is 0 Å². The fourth-order valence-corrected chi connectivity index (χ4v) is 2.51. The molecule has 0 saturated heterocycles. The average molecular weight is 256 g/mol. The molecule has 4 heteroatoms. The van der Waals surface area contributed by atoms with Gasteiger partial charge >= 0.3 is 0 Å². The van der Waals surface area contributed by atoms with Crippen LogP contribution >= 0.6 is 0 Å². The summed E-state index contributed by atoms with van der Waals surface area (Å²) in [5, 5.41) is 3.57. The van der Waals surface area contributed by atoms with E-state index in [2.05, 4.69) is 12.2 Å². The van der Waals surface area contributed by atoms with E-state index in [1.807, 2.05) is 18.9 Å². The van der Waals surface area contributed by atoms with Gasteiger partial charge in [0.05, 0.1) is 0 Å². The van der Waals surface area contributed by atoms with Crippen LogP contribution in [-0.4, -0.2) is 49.7 Å². The molecular weight excluding hydrogens is 228 g/mol. The van der Waals surface area contributed by atoms with Crippen molar-refractivity contribution in [3.05, 3.63) is 0 Å². The molecule has 0 unspecified atom stereocenters. The Hall–Kier alpha value is -0.610. The van der Waals surface area contributed by atoms with Gasteiger partial charge in [-0.25, -0.2) is 0 Å². The van der Waals surface area contributed by atoms with Gasteiger partial charge in [0, 0.05) is 25.7 Å². The third-order valence-electron chi connectivity index (χ3n) is 3.75. The lowest BCUT2D eigenvalue weighted by Crippen LogP contribution is -2.44. The van der Waals surface area contributed by atoms with Gasteiger partial charge in [0.15, 0.2) is 0 Å². The number of rotatable bonds is 7. The highest BCUT2D eigenvalue weighted by Crippen LogP contribution is 2.22. The maximum Gasteiger partial charge on any atom is 0.248 e. The molecule has 4 nitrogen and oxygen atoms in total. The molecule has 0 bridgehead atoms. The summed E-state index contributed by atoms with van der Waals surface area (Å²) in [6, 6.07) is 1.05. The van der Waals surface area contributed by atoms with Crippen LogP contribution in [0.5, 0.6) is 0 Å².